The summed E-state index contributed by atoms with van der Waals surface area (Å²) in [5.41, 5.74) is 0. The SMILES string of the molecule is O[B]OCCCCBr. The summed E-state index contributed by atoms with van der Waals surface area (Å²) in [6, 6.07) is 0. The Morgan fingerprint density at radius 2 is 2.25 bits per heavy atom. The Morgan fingerprint density at radius 3 is 2.75 bits per heavy atom. The van der Waals surface area contributed by atoms with Gasteiger partial charge in [-0.25, -0.2) is 0 Å². The van der Waals surface area contributed by atoms with Gasteiger partial charge in [0.05, 0.1) is 0 Å². The van der Waals surface area contributed by atoms with Gasteiger partial charge >= 0.3 is 7.69 Å². The van der Waals surface area contributed by atoms with Gasteiger partial charge < -0.3 is 9.68 Å². The number of alkyl halides is 1. The molecule has 0 amide bonds. The first kappa shape index (κ1) is 8.46. The predicted molar refractivity (Wildman–Crippen MR) is 37.0 cm³/mol. The first-order valence-electron chi connectivity index (χ1n) is 2.55. The normalized spacial score (nSPS) is 9.25. The van der Waals surface area contributed by atoms with E-state index in [9.17, 15) is 0 Å². The highest BCUT2D eigenvalue weighted by atomic mass is 79.9. The van der Waals surface area contributed by atoms with Crippen LogP contribution >= 0.6 is 15.9 Å². The van der Waals surface area contributed by atoms with Crippen LogP contribution < -0.4 is 0 Å². The van der Waals surface area contributed by atoms with Crippen LogP contribution in [-0.4, -0.2) is 24.6 Å². The van der Waals surface area contributed by atoms with Gasteiger partial charge in [-0.3, -0.25) is 0 Å². The Morgan fingerprint density at radius 1 is 1.50 bits per heavy atom. The summed E-state index contributed by atoms with van der Waals surface area (Å²) in [6.07, 6.45) is 2.08. The van der Waals surface area contributed by atoms with E-state index in [2.05, 4.69) is 20.6 Å². The zero-order valence-electron chi connectivity index (χ0n) is 4.64. The van der Waals surface area contributed by atoms with Crippen molar-refractivity contribution in [3.63, 3.8) is 0 Å². The molecular formula is C4H9BBrO2. The molecule has 0 aromatic heterocycles. The molecule has 0 aromatic rings. The first-order chi connectivity index (χ1) is 3.91. The zero-order valence-corrected chi connectivity index (χ0v) is 6.23. The number of hydrogen-bond donors (Lipinski definition) is 1. The van der Waals surface area contributed by atoms with E-state index in [-0.39, 0.29) is 0 Å². The summed E-state index contributed by atoms with van der Waals surface area (Å²) >= 11 is 3.27. The number of hydrogen-bond acceptors (Lipinski definition) is 2. The van der Waals surface area contributed by atoms with Gasteiger partial charge in [-0.1, -0.05) is 15.9 Å². The van der Waals surface area contributed by atoms with E-state index in [1.165, 1.54) is 0 Å². The predicted octanol–water partition coefficient (Wildman–Crippen LogP) is 0.705. The Kier molecular flexibility index (Phi) is 7.90. The molecule has 0 spiro atoms. The minimum atomic E-state index is 0.613. The Bertz CT molecular complexity index is 39.0. The van der Waals surface area contributed by atoms with Crippen LogP contribution in [0.15, 0.2) is 0 Å². The third-order valence-corrected chi connectivity index (χ3v) is 1.28. The Hall–Kier alpha value is 0.465. The van der Waals surface area contributed by atoms with Gasteiger partial charge in [0.25, 0.3) is 0 Å². The van der Waals surface area contributed by atoms with Crippen molar-refractivity contribution in [2.45, 2.75) is 12.8 Å². The minimum Gasteiger partial charge on any atom is -0.429 e. The molecule has 0 atom stereocenters. The summed E-state index contributed by atoms with van der Waals surface area (Å²) in [6.45, 7) is 0.613. The van der Waals surface area contributed by atoms with Crippen LogP contribution in [0.4, 0.5) is 0 Å². The third kappa shape index (κ3) is 6.46. The van der Waals surface area contributed by atoms with Gasteiger partial charge in [0, 0.05) is 11.9 Å². The van der Waals surface area contributed by atoms with Crippen molar-refractivity contribution in [2.75, 3.05) is 11.9 Å². The maximum atomic E-state index is 8.01. The molecule has 0 rings (SSSR count). The fourth-order valence-electron chi connectivity index (χ4n) is 0.333. The molecule has 1 N–H and O–H groups in total. The quantitative estimate of drug-likeness (QED) is 0.383. The molecule has 0 saturated heterocycles. The van der Waals surface area contributed by atoms with Crippen molar-refractivity contribution in [2.24, 2.45) is 0 Å². The van der Waals surface area contributed by atoms with E-state index in [0.29, 0.717) is 6.61 Å². The van der Waals surface area contributed by atoms with Gasteiger partial charge in [0.1, 0.15) is 0 Å². The maximum Gasteiger partial charge on any atom is 0.485 e. The van der Waals surface area contributed by atoms with E-state index in [1.807, 2.05) is 0 Å². The van der Waals surface area contributed by atoms with Gasteiger partial charge in [-0.15, -0.1) is 0 Å². The molecule has 0 unspecified atom stereocenters. The molecule has 4 heteroatoms. The average molecular weight is 180 g/mol. The summed E-state index contributed by atoms with van der Waals surface area (Å²) in [5, 5.41) is 9.01. The van der Waals surface area contributed by atoms with Crippen molar-refractivity contribution in [3.8, 4) is 0 Å². The van der Waals surface area contributed by atoms with Crippen molar-refractivity contribution >= 4 is 23.6 Å². The van der Waals surface area contributed by atoms with Crippen LogP contribution in [0.25, 0.3) is 0 Å². The smallest absolute Gasteiger partial charge is 0.429 e. The second-order valence-electron chi connectivity index (χ2n) is 1.37. The zero-order chi connectivity index (χ0) is 6.24. The van der Waals surface area contributed by atoms with Gasteiger partial charge in [0.15, 0.2) is 0 Å². The van der Waals surface area contributed by atoms with Crippen LogP contribution in [-0.2, 0) is 4.65 Å². The van der Waals surface area contributed by atoms with E-state index in [0.717, 1.165) is 25.9 Å². The molecule has 0 heterocycles. The lowest BCUT2D eigenvalue weighted by Crippen LogP contribution is -1.98. The van der Waals surface area contributed by atoms with Crippen LogP contribution in [0.2, 0.25) is 0 Å². The molecule has 0 saturated carbocycles. The largest absolute Gasteiger partial charge is 0.485 e. The lowest BCUT2D eigenvalue weighted by Gasteiger charge is -1.94. The highest BCUT2D eigenvalue weighted by Crippen LogP contribution is 1.92. The third-order valence-electron chi connectivity index (χ3n) is 0.720. The molecule has 0 aliphatic heterocycles. The summed E-state index contributed by atoms with van der Waals surface area (Å²) in [5.74, 6) is 0. The topological polar surface area (TPSA) is 29.5 Å². The fourth-order valence-corrected chi connectivity index (χ4v) is 0.729. The first-order valence-corrected chi connectivity index (χ1v) is 3.67. The van der Waals surface area contributed by atoms with Crippen LogP contribution in [0, 0.1) is 0 Å². The Labute approximate surface area is 58.7 Å². The monoisotopic (exact) mass is 179 g/mol. The van der Waals surface area contributed by atoms with E-state index in [1.54, 1.807) is 0 Å². The highest BCUT2D eigenvalue weighted by molar-refractivity contribution is 9.09. The summed E-state index contributed by atoms with van der Waals surface area (Å²) in [4.78, 5) is 0. The molecule has 0 fully saturated rings. The summed E-state index contributed by atoms with van der Waals surface area (Å²) in [7, 11) is 0.730. The molecule has 2 nitrogen and oxygen atoms in total. The Balaban J connectivity index is 2.53. The van der Waals surface area contributed by atoms with Crippen LogP contribution in [0.5, 0.6) is 0 Å². The molecular weight excluding hydrogens is 171 g/mol. The highest BCUT2D eigenvalue weighted by Gasteiger charge is 1.86. The van der Waals surface area contributed by atoms with Crippen LogP contribution in [0.1, 0.15) is 12.8 Å². The molecule has 47 valence electrons. The van der Waals surface area contributed by atoms with Gasteiger partial charge in [0.2, 0.25) is 0 Å². The van der Waals surface area contributed by atoms with Crippen molar-refractivity contribution in [1.29, 1.82) is 0 Å². The molecule has 1 radical (unpaired) electrons. The minimum absolute atomic E-state index is 0.613. The van der Waals surface area contributed by atoms with Crippen LogP contribution in [0.3, 0.4) is 0 Å². The van der Waals surface area contributed by atoms with Gasteiger partial charge in [-0.2, -0.15) is 0 Å². The van der Waals surface area contributed by atoms with Crippen molar-refractivity contribution in [3.05, 3.63) is 0 Å². The van der Waals surface area contributed by atoms with Gasteiger partial charge in [-0.05, 0) is 12.8 Å². The van der Waals surface area contributed by atoms with E-state index in [4.69, 9.17) is 5.02 Å². The second-order valence-corrected chi connectivity index (χ2v) is 2.17. The average Bonchev–Trinajstić information content (AvgIpc) is 1.81. The van der Waals surface area contributed by atoms with E-state index >= 15 is 0 Å². The number of unbranched alkanes of at least 4 members (excludes halogenated alkanes) is 1. The number of halogens is 1. The molecule has 0 aliphatic rings. The lowest BCUT2D eigenvalue weighted by molar-refractivity contribution is 0.279. The maximum absolute atomic E-state index is 8.01. The lowest BCUT2D eigenvalue weighted by atomic mass is 10.3. The second kappa shape index (κ2) is 7.46. The molecule has 0 aromatic carbocycles. The fraction of sp³-hybridized carbons (Fsp3) is 1.00. The van der Waals surface area contributed by atoms with E-state index < -0.39 is 0 Å². The van der Waals surface area contributed by atoms with Crippen molar-refractivity contribution < 1.29 is 9.68 Å². The number of rotatable bonds is 5. The molecule has 8 heavy (non-hydrogen) atoms. The summed E-state index contributed by atoms with van der Waals surface area (Å²) < 4.78 is 4.55. The molecule has 0 aliphatic carbocycles. The standard InChI is InChI=1S/C4H9BBrO2/c6-3-1-2-4-8-5-7/h7H,1-4H2. The van der Waals surface area contributed by atoms with Crippen molar-refractivity contribution in [1.82, 2.24) is 0 Å². The molecule has 0 bridgehead atoms.